The van der Waals surface area contributed by atoms with Crippen LogP contribution in [-0.4, -0.2) is 56.8 Å². The van der Waals surface area contributed by atoms with Crippen molar-refractivity contribution in [2.24, 2.45) is 0 Å². The predicted molar refractivity (Wildman–Crippen MR) is 66.7 cm³/mol. The van der Waals surface area contributed by atoms with E-state index < -0.39 is 11.9 Å². The molecule has 5 nitrogen and oxygen atoms in total. The molecule has 2 aromatic carbocycles. The van der Waals surface area contributed by atoms with Crippen LogP contribution in [0.2, 0.25) is 0 Å². The van der Waals surface area contributed by atoms with Gasteiger partial charge in [0, 0.05) is 0 Å². The Hall–Kier alpha value is -1.56. The molecule has 0 atom stereocenters. The van der Waals surface area contributed by atoms with Crippen LogP contribution < -0.4 is 0 Å². The Morgan fingerprint density at radius 3 is 2.17 bits per heavy atom. The van der Waals surface area contributed by atoms with Gasteiger partial charge in [0.15, 0.2) is 0 Å². The molecule has 0 amide bonds. The quantitative estimate of drug-likeness (QED) is 0.704. The number of rotatable bonds is 2. The van der Waals surface area contributed by atoms with E-state index in [9.17, 15) is 14.7 Å². The molecule has 0 unspecified atom stereocenters. The number of aromatic hydroxyl groups is 1. The van der Waals surface area contributed by atoms with Crippen molar-refractivity contribution in [2.75, 3.05) is 0 Å². The molecule has 0 aliphatic carbocycles. The monoisotopic (exact) mass is 256 g/mol. The third-order valence-corrected chi connectivity index (χ3v) is 2.45. The number of hydrogen-bond acceptors (Lipinski definition) is 3. The Balaban J connectivity index is 0.00000162. The zero-order valence-corrected chi connectivity index (χ0v) is 8.54. The molecule has 0 aliphatic heterocycles. The zero-order valence-electron chi connectivity index (χ0n) is 8.54. The first kappa shape index (κ1) is 14.5. The standard InChI is InChI=1S/C12H8O5.Na.H/c13-7-2-4-8-6(5-7)1-3-9(11(14)15)10(8)12(16)17;;/h1-5,13H,(H,14,15)(H,16,17);;. The van der Waals surface area contributed by atoms with Crippen LogP contribution in [0.1, 0.15) is 20.7 Å². The van der Waals surface area contributed by atoms with Gasteiger partial charge in [-0.1, -0.05) is 6.07 Å². The average molecular weight is 256 g/mol. The zero-order chi connectivity index (χ0) is 12.6. The Bertz CT molecular complexity index is 636. The molecule has 0 aromatic heterocycles. The van der Waals surface area contributed by atoms with Crippen molar-refractivity contribution in [1.82, 2.24) is 0 Å². The van der Waals surface area contributed by atoms with Gasteiger partial charge >= 0.3 is 41.5 Å². The van der Waals surface area contributed by atoms with Crippen molar-refractivity contribution in [2.45, 2.75) is 0 Å². The second kappa shape index (κ2) is 5.39. The molecule has 0 bridgehead atoms. The third-order valence-electron chi connectivity index (χ3n) is 2.45. The summed E-state index contributed by atoms with van der Waals surface area (Å²) in [5.74, 6) is -2.60. The molecule has 2 rings (SSSR count). The number of hydrogen-bond donors (Lipinski definition) is 3. The van der Waals surface area contributed by atoms with Crippen LogP contribution in [0, 0.1) is 0 Å². The van der Waals surface area contributed by atoms with Crippen LogP contribution >= 0.6 is 0 Å². The minimum atomic E-state index is -1.31. The fraction of sp³-hybridized carbons (Fsp3) is 0. The molecule has 0 heterocycles. The molecule has 18 heavy (non-hydrogen) atoms. The van der Waals surface area contributed by atoms with Crippen LogP contribution in [-0.2, 0) is 0 Å². The number of fused-ring (bicyclic) bond motifs is 1. The number of carboxylic acids is 2. The number of phenolic OH excluding ortho intramolecular Hbond substituents is 1. The van der Waals surface area contributed by atoms with E-state index in [1.54, 1.807) is 0 Å². The van der Waals surface area contributed by atoms with Gasteiger partial charge in [-0.15, -0.1) is 0 Å². The van der Waals surface area contributed by atoms with Crippen LogP contribution in [0.5, 0.6) is 5.75 Å². The van der Waals surface area contributed by atoms with E-state index in [2.05, 4.69) is 0 Å². The van der Waals surface area contributed by atoms with Gasteiger partial charge in [-0.2, -0.15) is 0 Å². The van der Waals surface area contributed by atoms with Gasteiger partial charge in [-0.25, -0.2) is 9.59 Å². The maximum atomic E-state index is 11.1. The Morgan fingerprint density at radius 1 is 0.944 bits per heavy atom. The summed E-state index contributed by atoms with van der Waals surface area (Å²) >= 11 is 0. The van der Waals surface area contributed by atoms with Crippen molar-refractivity contribution in [3.63, 3.8) is 0 Å². The molecular weight excluding hydrogens is 247 g/mol. The summed E-state index contributed by atoms with van der Waals surface area (Å²) in [6, 6.07) is 6.77. The van der Waals surface area contributed by atoms with Crippen LogP contribution in [0.15, 0.2) is 30.3 Å². The summed E-state index contributed by atoms with van der Waals surface area (Å²) in [6.07, 6.45) is 0. The Labute approximate surface area is 124 Å². The third kappa shape index (κ3) is 2.48. The van der Waals surface area contributed by atoms with Crippen molar-refractivity contribution >= 4 is 52.3 Å². The van der Waals surface area contributed by atoms with Gasteiger partial charge in [0.1, 0.15) is 5.75 Å². The van der Waals surface area contributed by atoms with Gasteiger partial charge < -0.3 is 15.3 Å². The molecule has 6 heteroatoms. The van der Waals surface area contributed by atoms with Crippen LogP contribution in [0.25, 0.3) is 10.8 Å². The van der Waals surface area contributed by atoms with Crippen molar-refractivity contribution in [3.05, 3.63) is 41.5 Å². The molecule has 0 aliphatic rings. The number of benzene rings is 2. The normalized spacial score (nSPS) is 9.78. The van der Waals surface area contributed by atoms with E-state index >= 15 is 0 Å². The number of carboxylic acid groups (broad SMARTS) is 2. The van der Waals surface area contributed by atoms with E-state index in [0.29, 0.717) is 5.39 Å². The molecule has 0 radical (unpaired) electrons. The first-order valence-corrected chi connectivity index (χ1v) is 4.73. The van der Waals surface area contributed by atoms with Crippen molar-refractivity contribution < 1.29 is 24.9 Å². The topological polar surface area (TPSA) is 94.8 Å². The van der Waals surface area contributed by atoms with E-state index in [1.807, 2.05) is 0 Å². The molecule has 2 aromatic rings. The summed E-state index contributed by atoms with van der Waals surface area (Å²) in [7, 11) is 0. The summed E-state index contributed by atoms with van der Waals surface area (Å²) in [5.41, 5.74) is -0.536. The van der Waals surface area contributed by atoms with Gasteiger partial charge in [-0.05, 0) is 35.0 Å². The summed E-state index contributed by atoms with van der Waals surface area (Å²) in [4.78, 5) is 22.0. The average Bonchev–Trinajstić information content (AvgIpc) is 2.26. The second-order valence-corrected chi connectivity index (χ2v) is 3.50. The Kier molecular flexibility index (Phi) is 4.34. The van der Waals surface area contributed by atoms with Crippen LogP contribution in [0.4, 0.5) is 0 Å². The number of aromatic carboxylic acids is 2. The Morgan fingerprint density at radius 2 is 1.61 bits per heavy atom. The van der Waals surface area contributed by atoms with Crippen LogP contribution in [0.3, 0.4) is 0 Å². The van der Waals surface area contributed by atoms with Gasteiger partial charge in [-0.3, -0.25) is 0 Å². The second-order valence-electron chi connectivity index (χ2n) is 3.50. The first-order valence-electron chi connectivity index (χ1n) is 4.73. The molecular formula is C12H9NaO5. The summed E-state index contributed by atoms with van der Waals surface area (Å²) in [5, 5.41) is 28.0. The summed E-state index contributed by atoms with van der Waals surface area (Å²) < 4.78 is 0. The van der Waals surface area contributed by atoms with Crippen molar-refractivity contribution in [1.29, 1.82) is 0 Å². The number of carbonyl (C=O) groups is 2. The predicted octanol–water partition coefficient (Wildman–Crippen LogP) is 1.29. The summed E-state index contributed by atoms with van der Waals surface area (Å²) in [6.45, 7) is 0. The van der Waals surface area contributed by atoms with E-state index in [0.717, 1.165) is 0 Å². The SMILES string of the molecule is O=C(O)c1ccc2cc(O)ccc2c1C(=O)O.[NaH]. The molecule has 0 fully saturated rings. The molecule has 0 saturated carbocycles. The van der Waals surface area contributed by atoms with E-state index in [-0.39, 0.29) is 51.8 Å². The molecule has 88 valence electrons. The molecule has 3 N–H and O–H groups in total. The maximum absolute atomic E-state index is 11.1. The molecule has 0 saturated heterocycles. The minimum absolute atomic E-state index is 0. The van der Waals surface area contributed by atoms with E-state index in [4.69, 9.17) is 10.2 Å². The van der Waals surface area contributed by atoms with E-state index in [1.165, 1.54) is 30.3 Å². The fourth-order valence-electron chi connectivity index (χ4n) is 1.73. The molecule has 0 spiro atoms. The van der Waals surface area contributed by atoms with Gasteiger partial charge in [0.05, 0.1) is 11.1 Å². The fourth-order valence-corrected chi connectivity index (χ4v) is 1.73. The first-order chi connectivity index (χ1) is 8.00. The number of phenols is 1. The van der Waals surface area contributed by atoms with Crippen molar-refractivity contribution in [3.8, 4) is 5.75 Å². The van der Waals surface area contributed by atoms with Gasteiger partial charge in [0.2, 0.25) is 0 Å². The van der Waals surface area contributed by atoms with Gasteiger partial charge in [0.25, 0.3) is 0 Å².